The van der Waals surface area contributed by atoms with Crippen LogP contribution in [0.15, 0.2) is 53.4 Å². The second kappa shape index (κ2) is 5.07. The molecule has 0 aliphatic rings. The van der Waals surface area contributed by atoms with Crippen LogP contribution in [0.4, 0.5) is 5.69 Å². The van der Waals surface area contributed by atoms with Gasteiger partial charge in [0, 0.05) is 22.0 Å². The lowest BCUT2D eigenvalue weighted by molar-refractivity contribution is -0.112. The van der Waals surface area contributed by atoms with Crippen LogP contribution < -0.4 is 10.5 Å². The van der Waals surface area contributed by atoms with Gasteiger partial charge in [0.05, 0.1) is 4.90 Å². The van der Waals surface area contributed by atoms with E-state index < -0.39 is 10.0 Å². The molecule has 3 N–H and O–H groups in total. The summed E-state index contributed by atoms with van der Waals surface area (Å²) >= 11 is 0. The molecule has 0 atom stereocenters. The van der Waals surface area contributed by atoms with Gasteiger partial charge < -0.3 is 5.32 Å². The standard InChI is InChI=1S/C14H14N2O3S/c1-9(2)14(17)16-12-7-8-13(20(15,18)19)11-6-4-3-5-10(11)12/h3-8H,1H2,2H3,(H,16,17)(H2,15,18,19). The number of amides is 1. The number of anilines is 1. The number of fused-ring (bicyclic) bond motifs is 1. The number of hydrogen-bond acceptors (Lipinski definition) is 3. The van der Waals surface area contributed by atoms with Crippen molar-refractivity contribution < 1.29 is 13.2 Å². The molecule has 0 radical (unpaired) electrons. The molecule has 2 rings (SSSR count). The number of hydrogen-bond donors (Lipinski definition) is 2. The third-order valence-corrected chi connectivity index (χ3v) is 3.80. The summed E-state index contributed by atoms with van der Waals surface area (Å²) in [5.41, 5.74) is 0.880. The molecule has 0 fully saturated rings. The van der Waals surface area contributed by atoms with Gasteiger partial charge in [-0.25, -0.2) is 13.6 Å². The van der Waals surface area contributed by atoms with E-state index in [1.807, 2.05) is 0 Å². The van der Waals surface area contributed by atoms with Crippen molar-refractivity contribution >= 4 is 32.4 Å². The topological polar surface area (TPSA) is 89.3 Å². The largest absolute Gasteiger partial charge is 0.322 e. The average Bonchev–Trinajstić information content (AvgIpc) is 2.37. The molecule has 0 saturated carbocycles. The maximum atomic E-state index is 11.7. The van der Waals surface area contributed by atoms with Crippen LogP contribution in [0.3, 0.4) is 0 Å². The highest BCUT2D eigenvalue weighted by molar-refractivity contribution is 7.89. The fourth-order valence-corrected chi connectivity index (χ4v) is 2.60. The predicted octanol–water partition coefficient (Wildman–Crippen LogP) is 2.00. The molecule has 20 heavy (non-hydrogen) atoms. The highest BCUT2D eigenvalue weighted by Crippen LogP contribution is 2.29. The fourth-order valence-electron chi connectivity index (χ4n) is 1.86. The summed E-state index contributed by atoms with van der Waals surface area (Å²) in [5, 5.41) is 8.95. The van der Waals surface area contributed by atoms with Crippen molar-refractivity contribution in [2.45, 2.75) is 11.8 Å². The Balaban J connectivity index is 2.66. The van der Waals surface area contributed by atoms with Crippen molar-refractivity contribution in [3.05, 3.63) is 48.6 Å². The van der Waals surface area contributed by atoms with Gasteiger partial charge in [-0.2, -0.15) is 0 Å². The number of rotatable bonds is 3. The molecule has 6 heteroatoms. The Morgan fingerprint density at radius 2 is 1.75 bits per heavy atom. The molecule has 104 valence electrons. The molecule has 0 unspecified atom stereocenters. The van der Waals surface area contributed by atoms with E-state index >= 15 is 0 Å². The van der Waals surface area contributed by atoms with E-state index in [2.05, 4.69) is 11.9 Å². The lowest BCUT2D eigenvalue weighted by Crippen LogP contribution is -2.15. The molecule has 1 amide bonds. The first-order chi connectivity index (χ1) is 9.30. The van der Waals surface area contributed by atoms with E-state index in [0.717, 1.165) is 0 Å². The van der Waals surface area contributed by atoms with E-state index in [1.165, 1.54) is 12.1 Å². The molecule has 0 aromatic heterocycles. The monoisotopic (exact) mass is 290 g/mol. The molecule has 5 nitrogen and oxygen atoms in total. The molecular formula is C14H14N2O3S. The zero-order chi connectivity index (χ0) is 14.9. The van der Waals surface area contributed by atoms with Gasteiger partial charge in [-0.3, -0.25) is 4.79 Å². The second-order valence-corrected chi connectivity index (χ2v) is 5.97. The third-order valence-electron chi connectivity index (χ3n) is 2.83. The number of carbonyl (C=O) groups excluding carboxylic acids is 1. The number of nitrogens with one attached hydrogen (secondary N) is 1. The van der Waals surface area contributed by atoms with Gasteiger partial charge >= 0.3 is 0 Å². The summed E-state index contributed by atoms with van der Waals surface area (Å²) < 4.78 is 23.1. The maximum absolute atomic E-state index is 11.7. The fraction of sp³-hybridized carbons (Fsp3) is 0.0714. The van der Waals surface area contributed by atoms with E-state index in [0.29, 0.717) is 22.0 Å². The Morgan fingerprint density at radius 3 is 2.30 bits per heavy atom. The van der Waals surface area contributed by atoms with Gasteiger partial charge in [-0.1, -0.05) is 30.8 Å². The van der Waals surface area contributed by atoms with Gasteiger partial charge in [0.1, 0.15) is 0 Å². The van der Waals surface area contributed by atoms with Crippen molar-refractivity contribution in [2.75, 3.05) is 5.32 Å². The molecule has 0 aliphatic heterocycles. The van der Waals surface area contributed by atoms with Crippen LogP contribution in [-0.4, -0.2) is 14.3 Å². The number of nitrogens with two attached hydrogens (primary N) is 1. The smallest absolute Gasteiger partial charge is 0.250 e. The number of primary sulfonamides is 1. The van der Waals surface area contributed by atoms with Crippen molar-refractivity contribution in [1.82, 2.24) is 0 Å². The number of carbonyl (C=O) groups is 1. The molecule has 0 spiro atoms. The Labute approximate surface area is 117 Å². The first kappa shape index (κ1) is 14.2. The lowest BCUT2D eigenvalue weighted by atomic mass is 10.1. The zero-order valence-electron chi connectivity index (χ0n) is 10.9. The van der Waals surface area contributed by atoms with Crippen LogP contribution in [0.5, 0.6) is 0 Å². The molecule has 0 heterocycles. The Morgan fingerprint density at radius 1 is 1.15 bits per heavy atom. The van der Waals surface area contributed by atoms with Gasteiger partial charge in [-0.05, 0) is 19.1 Å². The van der Waals surface area contributed by atoms with Crippen molar-refractivity contribution in [3.63, 3.8) is 0 Å². The van der Waals surface area contributed by atoms with Gasteiger partial charge in [-0.15, -0.1) is 0 Å². The minimum atomic E-state index is -3.82. The van der Waals surface area contributed by atoms with E-state index in [4.69, 9.17) is 5.14 Å². The van der Waals surface area contributed by atoms with Crippen LogP contribution in [0, 0.1) is 0 Å². The van der Waals surface area contributed by atoms with Crippen LogP contribution in [0.1, 0.15) is 6.92 Å². The van der Waals surface area contributed by atoms with E-state index in [1.54, 1.807) is 31.2 Å². The maximum Gasteiger partial charge on any atom is 0.250 e. The third kappa shape index (κ3) is 2.71. The summed E-state index contributed by atoms with van der Waals surface area (Å²) in [5.74, 6) is -0.321. The van der Waals surface area contributed by atoms with Crippen molar-refractivity contribution in [1.29, 1.82) is 0 Å². The Hall–Kier alpha value is -2.18. The first-order valence-electron chi connectivity index (χ1n) is 5.82. The van der Waals surface area contributed by atoms with E-state index in [9.17, 15) is 13.2 Å². The second-order valence-electron chi connectivity index (χ2n) is 4.44. The number of benzene rings is 2. The van der Waals surface area contributed by atoms with Gasteiger partial charge in [0.15, 0.2) is 0 Å². The van der Waals surface area contributed by atoms with Crippen LogP contribution in [0.25, 0.3) is 10.8 Å². The molecular weight excluding hydrogens is 276 g/mol. The quantitative estimate of drug-likeness (QED) is 0.847. The summed E-state index contributed by atoms with van der Waals surface area (Å²) in [4.78, 5) is 11.7. The lowest BCUT2D eigenvalue weighted by Gasteiger charge is -2.11. The zero-order valence-corrected chi connectivity index (χ0v) is 11.7. The molecule has 0 aliphatic carbocycles. The van der Waals surface area contributed by atoms with Gasteiger partial charge in [0.25, 0.3) is 5.91 Å². The summed E-state index contributed by atoms with van der Waals surface area (Å²) in [6, 6.07) is 9.73. The highest BCUT2D eigenvalue weighted by atomic mass is 32.2. The van der Waals surface area contributed by atoms with Crippen LogP contribution >= 0.6 is 0 Å². The molecule has 0 bridgehead atoms. The minimum Gasteiger partial charge on any atom is -0.322 e. The number of sulfonamides is 1. The summed E-state index contributed by atoms with van der Waals surface area (Å²) in [7, 11) is -3.82. The van der Waals surface area contributed by atoms with Crippen molar-refractivity contribution in [3.8, 4) is 0 Å². The predicted molar refractivity (Wildman–Crippen MR) is 78.8 cm³/mol. The van der Waals surface area contributed by atoms with Gasteiger partial charge in [0.2, 0.25) is 10.0 Å². The Kier molecular flexibility index (Phi) is 3.61. The highest BCUT2D eigenvalue weighted by Gasteiger charge is 2.15. The molecule has 2 aromatic rings. The minimum absolute atomic E-state index is 0.0291. The van der Waals surface area contributed by atoms with E-state index in [-0.39, 0.29) is 10.8 Å². The molecule has 0 saturated heterocycles. The summed E-state index contributed by atoms with van der Waals surface area (Å²) in [6.07, 6.45) is 0. The van der Waals surface area contributed by atoms with Crippen LogP contribution in [-0.2, 0) is 14.8 Å². The summed E-state index contributed by atoms with van der Waals surface area (Å²) in [6.45, 7) is 5.15. The molecule has 2 aromatic carbocycles. The average molecular weight is 290 g/mol. The normalized spacial score (nSPS) is 11.3. The van der Waals surface area contributed by atoms with Crippen molar-refractivity contribution in [2.24, 2.45) is 5.14 Å². The first-order valence-corrected chi connectivity index (χ1v) is 7.37. The Bertz CT molecular complexity index is 810. The SMILES string of the molecule is C=C(C)C(=O)Nc1ccc(S(N)(=O)=O)c2ccccc12. The van der Waals surface area contributed by atoms with Crippen LogP contribution in [0.2, 0.25) is 0 Å².